The third-order valence-corrected chi connectivity index (χ3v) is 4.93. The average molecular weight is 343 g/mol. The van der Waals surface area contributed by atoms with Gasteiger partial charge < -0.3 is 11.1 Å². The molecule has 3 amide bonds. The van der Waals surface area contributed by atoms with E-state index >= 15 is 0 Å². The molecular weight excluding hydrogens is 326 g/mol. The Bertz CT molecular complexity index is 573. The standard InChI is InChI=1S/C12H17N5O3S2/c1-2-10(20)17(7-3-4-7)11-15-16-12(22-11)21-6-9(19)14-5-8(13)18/h7H,2-6H2,1H3,(H2,13,18)(H,14,19). The van der Waals surface area contributed by atoms with Gasteiger partial charge in [-0.1, -0.05) is 30.0 Å². The molecule has 3 N–H and O–H groups in total. The van der Waals surface area contributed by atoms with Gasteiger partial charge in [-0.15, -0.1) is 10.2 Å². The van der Waals surface area contributed by atoms with E-state index in [1.54, 1.807) is 4.90 Å². The van der Waals surface area contributed by atoms with Crippen molar-refractivity contribution in [3.8, 4) is 0 Å². The molecule has 1 aromatic heterocycles. The van der Waals surface area contributed by atoms with Crippen molar-refractivity contribution in [1.29, 1.82) is 0 Å². The third kappa shape index (κ3) is 4.67. The van der Waals surface area contributed by atoms with Crippen molar-refractivity contribution >= 4 is 46.0 Å². The molecule has 0 spiro atoms. The van der Waals surface area contributed by atoms with E-state index in [0.29, 0.717) is 15.9 Å². The molecule has 1 aromatic rings. The highest BCUT2D eigenvalue weighted by molar-refractivity contribution is 8.01. The van der Waals surface area contributed by atoms with Crippen LogP contribution in [0.15, 0.2) is 4.34 Å². The number of nitrogens with two attached hydrogens (primary N) is 1. The number of hydrogen-bond acceptors (Lipinski definition) is 7. The smallest absolute Gasteiger partial charge is 0.236 e. The number of aromatic nitrogens is 2. The third-order valence-electron chi connectivity index (χ3n) is 2.87. The Morgan fingerprint density at radius 1 is 1.41 bits per heavy atom. The summed E-state index contributed by atoms with van der Waals surface area (Å²) in [6.07, 6.45) is 2.40. The maximum atomic E-state index is 12.0. The van der Waals surface area contributed by atoms with Gasteiger partial charge in [0.25, 0.3) is 0 Å². The number of amides is 3. The molecule has 0 radical (unpaired) electrons. The number of anilines is 1. The molecule has 120 valence electrons. The molecule has 0 saturated heterocycles. The van der Waals surface area contributed by atoms with Crippen molar-refractivity contribution in [2.24, 2.45) is 5.73 Å². The fraction of sp³-hybridized carbons (Fsp3) is 0.583. The van der Waals surface area contributed by atoms with Gasteiger partial charge in [0.2, 0.25) is 22.9 Å². The van der Waals surface area contributed by atoms with Crippen LogP contribution in [0.4, 0.5) is 5.13 Å². The monoisotopic (exact) mass is 343 g/mol. The lowest BCUT2D eigenvalue weighted by molar-refractivity contribution is -0.123. The Hall–Kier alpha value is -1.68. The number of nitrogens with zero attached hydrogens (tertiary/aromatic N) is 3. The molecule has 2 rings (SSSR count). The molecule has 0 unspecified atom stereocenters. The quantitative estimate of drug-likeness (QED) is 0.512. The molecule has 0 atom stereocenters. The predicted molar refractivity (Wildman–Crippen MR) is 83.6 cm³/mol. The van der Waals surface area contributed by atoms with Gasteiger partial charge in [0.1, 0.15) is 0 Å². The van der Waals surface area contributed by atoms with Gasteiger partial charge in [0, 0.05) is 12.5 Å². The van der Waals surface area contributed by atoms with Gasteiger partial charge >= 0.3 is 0 Å². The summed E-state index contributed by atoms with van der Waals surface area (Å²) in [6, 6.07) is 0.233. The zero-order valence-corrected chi connectivity index (χ0v) is 13.7. The highest BCUT2D eigenvalue weighted by atomic mass is 32.2. The van der Waals surface area contributed by atoms with Gasteiger partial charge in [-0.05, 0) is 12.8 Å². The summed E-state index contributed by atoms with van der Waals surface area (Å²) >= 11 is 2.51. The summed E-state index contributed by atoms with van der Waals surface area (Å²) in [5, 5.41) is 11.0. The number of hydrogen-bond donors (Lipinski definition) is 2. The van der Waals surface area contributed by atoms with Gasteiger partial charge in [-0.2, -0.15) is 0 Å². The average Bonchev–Trinajstić information content (AvgIpc) is 3.21. The van der Waals surface area contributed by atoms with Crippen molar-refractivity contribution in [3.05, 3.63) is 0 Å². The van der Waals surface area contributed by atoms with Crippen LogP contribution in [-0.2, 0) is 14.4 Å². The Balaban J connectivity index is 1.89. The van der Waals surface area contributed by atoms with E-state index in [1.807, 2.05) is 6.92 Å². The van der Waals surface area contributed by atoms with Crippen molar-refractivity contribution in [2.45, 2.75) is 36.6 Å². The summed E-state index contributed by atoms with van der Waals surface area (Å²) in [5.41, 5.74) is 4.94. The molecule has 0 aliphatic heterocycles. The first-order valence-corrected chi connectivity index (χ1v) is 8.64. The SMILES string of the molecule is CCC(=O)N(c1nnc(SCC(=O)NCC(N)=O)s1)C1CC1. The number of rotatable bonds is 8. The zero-order valence-electron chi connectivity index (χ0n) is 12.1. The highest BCUT2D eigenvalue weighted by Crippen LogP contribution is 2.36. The van der Waals surface area contributed by atoms with E-state index in [-0.39, 0.29) is 30.2 Å². The summed E-state index contributed by atoms with van der Waals surface area (Å²) in [5.74, 6) is -0.735. The summed E-state index contributed by atoms with van der Waals surface area (Å²) in [7, 11) is 0. The first-order chi connectivity index (χ1) is 10.5. The fourth-order valence-corrected chi connectivity index (χ4v) is 3.45. The minimum absolute atomic E-state index is 0.0365. The van der Waals surface area contributed by atoms with Gasteiger partial charge in [0.05, 0.1) is 12.3 Å². The van der Waals surface area contributed by atoms with Crippen LogP contribution in [-0.4, -0.2) is 46.3 Å². The van der Waals surface area contributed by atoms with E-state index in [4.69, 9.17) is 5.73 Å². The maximum Gasteiger partial charge on any atom is 0.236 e. The molecule has 1 heterocycles. The lowest BCUT2D eigenvalue weighted by Crippen LogP contribution is -2.34. The minimum Gasteiger partial charge on any atom is -0.368 e. The molecule has 8 nitrogen and oxygen atoms in total. The van der Waals surface area contributed by atoms with Crippen molar-refractivity contribution in [1.82, 2.24) is 15.5 Å². The number of carbonyl (C=O) groups is 3. The van der Waals surface area contributed by atoms with E-state index in [0.717, 1.165) is 12.8 Å². The molecule has 10 heteroatoms. The molecule has 1 aliphatic rings. The zero-order chi connectivity index (χ0) is 16.1. The number of carbonyl (C=O) groups excluding carboxylic acids is 3. The second kappa shape index (κ2) is 7.54. The predicted octanol–water partition coefficient (Wildman–Crippen LogP) is 0.137. The lowest BCUT2D eigenvalue weighted by Gasteiger charge is -2.17. The molecule has 0 aromatic carbocycles. The maximum absolute atomic E-state index is 12.0. The second-order valence-electron chi connectivity index (χ2n) is 4.73. The van der Waals surface area contributed by atoms with E-state index in [1.165, 1.54) is 23.1 Å². The second-order valence-corrected chi connectivity index (χ2v) is 6.91. The molecule has 0 bridgehead atoms. The first kappa shape index (κ1) is 16.7. The molecule has 22 heavy (non-hydrogen) atoms. The minimum atomic E-state index is -0.588. The summed E-state index contributed by atoms with van der Waals surface area (Å²) in [4.78, 5) is 35.7. The Morgan fingerprint density at radius 2 is 2.14 bits per heavy atom. The topological polar surface area (TPSA) is 118 Å². The van der Waals surface area contributed by atoms with Gasteiger partial charge in [0.15, 0.2) is 4.34 Å². The van der Waals surface area contributed by atoms with Crippen LogP contribution in [0.1, 0.15) is 26.2 Å². The van der Waals surface area contributed by atoms with Gasteiger partial charge in [-0.25, -0.2) is 0 Å². The number of primary amides is 1. The van der Waals surface area contributed by atoms with Crippen LogP contribution >= 0.6 is 23.1 Å². The van der Waals surface area contributed by atoms with Crippen LogP contribution in [0.3, 0.4) is 0 Å². The Morgan fingerprint density at radius 3 is 2.73 bits per heavy atom. The highest BCUT2D eigenvalue weighted by Gasteiger charge is 2.35. The van der Waals surface area contributed by atoms with Crippen LogP contribution in [0.5, 0.6) is 0 Å². The largest absolute Gasteiger partial charge is 0.368 e. The molecular formula is C12H17N5O3S2. The van der Waals surface area contributed by atoms with Gasteiger partial charge in [-0.3, -0.25) is 19.3 Å². The van der Waals surface area contributed by atoms with Crippen molar-refractivity contribution in [2.75, 3.05) is 17.2 Å². The number of thioether (sulfide) groups is 1. The molecule has 1 saturated carbocycles. The van der Waals surface area contributed by atoms with E-state index in [2.05, 4.69) is 15.5 Å². The number of nitrogens with one attached hydrogen (secondary N) is 1. The van der Waals surface area contributed by atoms with E-state index in [9.17, 15) is 14.4 Å². The normalized spacial score (nSPS) is 13.7. The molecule has 1 fully saturated rings. The first-order valence-electron chi connectivity index (χ1n) is 6.84. The van der Waals surface area contributed by atoms with Crippen LogP contribution in [0.25, 0.3) is 0 Å². The van der Waals surface area contributed by atoms with Crippen molar-refractivity contribution in [3.63, 3.8) is 0 Å². The molecule has 1 aliphatic carbocycles. The summed E-state index contributed by atoms with van der Waals surface area (Å²) < 4.78 is 0.610. The summed E-state index contributed by atoms with van der Waals surface area (Å²) in [6.45, 7) is 1.64. The lowest BCUT2D eigenvalue weighted by atomic mass is 10.4. The Labute approximate surface area is 135 Å². The van der Waals surface area contributed by atoms with Crippen LogP contribution < -0.4 is 16.0 Å². The fourth-order valence-electron chi connectivity index (χ4n) is 1.69. The Kier molecular flexibility index (Phi) is 5.72. The van der Waals surface area contributed by atoms with Crippen LogP contribution in [0.2, 0.25) is 0 Å². The van der Waals surface area contributed by atoms with Crippen LogP contribution in [0, 0.1) is 0 Å². The van der Waals surface area contributed by atoms with E-state index < -0.39 is 5.91 Å². The van der Waals surface area contributed by atoms with Crippen molar-refractivity contribution < 1.29 is 14.4 Å².